The minimum absolute atomic E-state index is 0.326. The van der Waals surface area contributed by atoms with Crippen LogP contribution in [0.15, 0.2) is 89.3 Å². The molecule has 0 saturated carbocycles. The fraction of sp³-hybridized carbons (Fsp3) is 0.222. The molecule has 41 heavy (non-hydrogen) atoms. The molecule has 7 rings (SSSR count). The molecule has 0 amide bonds. The lowest BCUT2D eigenvalue weighted by atomic mass is 9.79. The predicted octanol–water partition coefficient (Wildman–Crippen LogP) is 8.84. The molecule has 0 spiro atoms. The van der Waals surface area contributed by atoms with E-state index in [2.05, 4.69) is 128 Å². The molecule has 1 aliphatic rings. The van der Waals surface area contributed by atoms with Crippen LogP contribution in [0.2, 0.25) is 0 Å². The number of fused-ring (bicyclic) bond motifs is 4. The summed E-state index contributed by atoms with van der Waals surface area (Å²) in [6.07, 6.45) is 0. The summed E-state index contributed by atoms with van der Waals surface area (Å²) in [4.78, 5) is 14.6. The smallest absolute Gasteiger partial charge is 0.227 e. The number of rotatable bonds is 4. The minimum atomic E-state index is -0.326. The Morgan fingerprint density at radius 2 is 1.54 bits per heavy atom. The third kappa shape index (κ3) is 4.15. The van der Waals surface area contributed by atoms with Gasteiger partial charge in [-0.2, -0.15) is 0 Å². The van der Waals surface area contributed by atoms with Gasteiger partial charge in [0.1, 0.15) is 5.58 Å². The molecule has 0 fully saturated rings. The second-order valence-corrected chi connectivity index (χ2v) is 11.9. The largest absolute Gasteiger partial charge is 0.437 e. The second kappa shape index (κ2) is 9.20. The third-order valence-corrected chi connectivity index (χ3v) is 8.42. The van der Waals surface area contributed by atoms with Crippen molar-refractivity contribution < 1.29 is 4.42 Å². The van der Waals surface area contributed by atoms with E-state index in [1.54, 1.807) is 0 Å². The number of nitrogens with zero attached hydrogens (tertiary/aromatic N) is 4. The van der Waals surface area contributed by atoms with E-state index in [0.717, 1.165) is 45.7 Å². The summed E-state index contributed by atoms with van der Waals surface area (Å²) >= 11 is 0. The molecule has 6 aromatic rings. The molecule has 0 unspecified atom stereocenters. The van der Waals surface area contributed by atoms with Gasteiger partial charge in [0.05, 0.1) is 29.4 Å². The van der Waals surface area contributed by atoms with Gasteiger partial charge in [0.15, 0.2) is 0 Å². The first-order valence-corrected chi connectivity index (χ1v) is 14.2. The molecule has 204 valence electrons. The number of pyridine rings is 2. The van der Waals surface area contributed by atoms with Gasteiger partial charge in [-0.3, -0.25) is 4.98 Å². The van der Waals surface area contributed by atoms with Crippen LogP contribution in [0.4, 0.5) is 17.1 Å². The van der Waals surface area contributed by atoms with Crippen LogP contribution in [-0.2, 0) is 5.41 Å². The summed E-state index contributed by atoms with van der Waals surface area (Å²) in [5.41, 5.74) is 12.4. The Morgan fingerprint density at radius 1 is 0.756 bits per heavy atom. The summed E-state index contributed by atoms with van der Waals surface area (Å²) in [6, 6.07) is 30.3. The zero-order valence-electron chi connectivity index (χ0n) is 24.5. The number of aromatic nitrogens is 2. The Balaban J connectivity index is 1.33. The number of benzene rings is 3. The number of para-hydroxylation sites is 3. The lowest BCUT2D eigenvalue weighted by Gasteiger charge is -2.29. The van der Waals surface area contributed by atoms with E-state index in [1.807, 2.05) is 13.0 Å². The average molecular weight is 539 g/mol. The first-order chi connectivity index (χ1) is 19.7. The molecule has 0 bridgehead atoms. The summed E-state index contributed by atoms with van der Waals surface area (Å²) in [5, 5.41) is 2.09. The molecule has 1 aliphatic heterocycles. The van der Waals surface area contributed by atoms with Crippen LogP contribution < -0.4 is 9.80 Å². The second-order valence-electron chi connectivity index (χ2n) is 11.9. The maximum atomic E-state index is 6.33. The maximum Gasteiger partial charge on any atom is 0.227 e. The molecule has 0 atom stereocenters. The summed E-state index contributed by atoms with van der Waals surface area (Å²) in [5.74, 6) is 0. The van der Waals surface area contributed by atoms with Crippen molar-refractivity contribution >= 4 is 39.1 Å². The highest BCUT2D eigenvalue weighted by Gasteiger charge is 2.29. The molecule has 0 saturated heterocycles. The topological polar surface area (TPSA) is 45.4 Å². The van der Waals surface area contributed by atoms with Gasteiger partial charge in [-0.1, -0.05) is 44.2 Å². The molecular formula is C36H34N4O. The SMILES string of the molecule is Cc1cc(N2CN(C)c3ccccc32)cc(C(C)(C)c2cc(C)cc(-c3cccc4c3oc3nc(C)ccc34)n2)c1. The van der Waals surface area contributed by atoms with Crippen molar-refractivity contribution in [1.82, 2.24) is 9.97 Å². The Hall–Kier alpha value is -4.64. The van der Waals surface area contributed by atoms with E-state index in [4.69, 9.17) is 9.40 Å². The Morgan fingerprint density at radius 3 is 2.37 bits per heavy atom. The van der Waals surface area contributed by atoms with Crippen LogP contribution >= 0.6 is 0 Å². The van der Waals surface area contributed by atoms with E-state index in [9.17, 15) is 0 Å². The fourth-order valence-corrected chi connectivity index (χ4v) is 6.13. The van der Waals surface area contributed by atoms with Gasteiger partial charge in [0.2, 0.25) is 5.71 Å². The minimum Gasteiger partial charge on any atom is -0.437 e. The number of aryl methyl sites for hydroxylation is 3. The van der Waals surface area contributed by atoms with E-state index in [-0.39, 0.29) is 5.41 Å². The van der Waals surface area contributed by atoms with E-state index in [0.29, 0.717) is 5.71 Å². The highest BCUT2D eigenvalue weighted by molar-refractivity contribution is 6.08. The van der Waals surface area contributed by atoms with Crippen molar-refractivity contribution in [3.8, 4) is 11.3 Å². The van der Waals surface area contributed by atoms with E-state index >= 15 is 0 Å². The lowest BCUT2D eigenvalue weighted by Crippen LogP contribution is -2.25. The van der Waals surface area contributed by atoms with E-state index in [1.165, 1.54) is 33.8 Å². The van der Waals surface area contributed by atoms with Gasteiger partial charge in [0.25, 0.3) is 0 Å². The van der Waals surface area contributed by atoms with Gasteiger partial charge in [-0.15, -0.1) is 0 Å². The van der Waals surface area contributed by atoms with Crippen LogP contribution in [0.3, 0.4) is 0 Å². The summed E-state index contributed by atoms with van der Waals surface area (Å²) in [7, 11) is 2.15. The van der Waals surface area contributed by atoms with Crippen LogP contribution in [-0.4, -0.2) is 23.7 Å². The third-order valence-electron chi connectivity index (χ3n) is 8.42. The van der Waals surface area contributed by atoms with Gasteiger partial charge >= 0.3 is 0 Å². The molecule has 3 aromatic carbocycles. The van der Waals surface area contributed by atoms with Crippen molar-refractivity contribution in [3.05, 3.63) is 113 Å². The first-order valence-electron chi connectivity index (χ1n) is 14.2. The standard InChI is InChI=1S/C36H34N4O/c1-22-16-25(20-26(17-22)40-21-39(6)31-12-7-8-13-32(31)40)36(4,5)33-19-23(2)18-30(38-33)29-11-9-10-27-28-15-14-24(3)37-35(28)41-34(27)29/h7-20H,21H2,1-6H3. The predicted molar refractivity (Wildman–Crippen MR) is 169 cm³/mol. The van der Waals surface area contributed by atoms with Gasteiger partial charge < -0.3 is 14.2 Å². The Kier molecular flexibility index (Phi) is 5.69. The Bertz CT molecular complexity index is 1970. The molecule has 5 nitrogen and oxygen atoms in total. The molecular weight excluding hydrogens is 504 g/mol. The van der Waals surface area contributed by atoms with Crippen LogP contribution in [0.1, 0.15) is 41.9 Å². The summed E-state index contributed by atoms with van der Waals surface area (Å²) < 4.78 is 6.33. The number of anilines is 3. The van der Waals surface area contributed by atoms with Crippen molar-refractivity contribution in [3.63, 3.8) is 0 Å². The van der Waals surface area contributed by atoms with Gasteiger partial charge in [-0.25, -0.2) is 4.98 Å². The Labute approximate surface area is 241 Å². The van der Waals surface area contributed by atoms with Crippen molar-refractivity contribution in [2.75, 3.05) is 23.5 Å². The van der Waals surface area contributed by atoms with E-state index < -0.39 is 0 Å². The average Bonchev–Trinajstić information content (AvgIpc) is 3.49. The van der Waals surface area contributed by atoms with Crippen LogP contribution in [0.5, 0.6) is 0 Å². The quantitative estimate of drug-likeness (QED) is 0.224. The molecule has 0 N–H and O–H groups in total. The first kappa shape index (κ1) is 25.3. The lowest BCUT2D eigenvalue weighted by molar-refractivity contribution is 0.616. The highest BCUT2D eigenvalue weighted by atomic mass is 16.3. The normalized spacial score (nSPS) is 13.4. The fourth-order valence-electron chi connectivity index (χ4n) is 6.13. The molecule has 0 aliphatic carbocycles. The number of hydrogen-bond acceptors (Lipinski definition) is 5. The maximum absolute atomic E-state index is 6.33. The molecule has 5 heteroatoms. The van der Waals surface area contributed by atoms with Gasteiger partial charge in [-0.05, 0) is 92.1 Å². The zero-order chi connectivity index (χ0) is 28.5. The van der Waals surface area contributed by atoms with Crippen LogP contribution in [0.25, 0.3) is 33.3 Å². The number of hydrogen-bond donors (Lipinski definition) is 0. The number of furan rings is 1. The summed E-state index contributed by atoms with van der Waals surface area (Å²) in [6.45, 7) is 11.7. The van der Waals surface area contributed by atoms with Gasteiger partial charge in [0, 0.05) is 40.2 Å². The highest BCUT2D eigenvalue weighted by Crippen LogP contribution is 2.42. The molecule has 4 heterocycles. The molecule has 0 radical (unpaired) electrons. The monoisotopic (exact) mass is 538 g/mol. The van der Waals surface area contributed by atoms with Crippen molar-refractivity contribution in [1.29, 1.82) is 0 Å². The zero-order valence-corrected chi connectivity index (χ0v) is 24.5. The van der Waals surface area contributed by atoms with Crippen molar-refractivity contribution in [2.45, 2.75) is 40.0 Å². The van der Waals surface area contributed by atoms with Crippen LogP contribution in [0, 0.1) is 20.8 Å². The van der Waals surface area contributed by atoms with Crippen molar-refractivity contribution in [2.24, 2.45) is 0 Å². The molecule has 3 aromatic heterocycles.